The fourth-order valence-electron chi connectivity index (χ4n) is 3.74. The Morgan fingerprint density at radius 2 is 1.83 bits per heavy atom. The van der Waals surface area contributed by atoms with Gasteiger partial charge < -0.3 is 4.90 Å². The summed E-state index contributed by atoms with van der Waals surface area (Å²) in [7, 11) is 0. The van der Waals surface area contributed by atoms with E-state index >= 15 is 0 Å². The molecule has 2 fully saturated rings. The van der Waals surface area contributed by atoms with Crippen LogP contribution in [-0.2, 0) is 6.54 Å². The Labute approximate surface area is 136 Å². The minimum Gasteiger partial charge on any atom is -0.337 e. The van der Waals surface area contributed by atoms with E-state index in [9.17, 15) is 4.79 Å². The summed E-state index contributed by atoms with van der Waals surface area (Å²) in [5.41, 5.74) is 3.64. The van der Waals surface area contributed by atoms with E-state index in [1.807, 2.05) is 4.90 Å². The summed E-state index contributed by atoms with van der Waals surface area (Å²) in [5, 5.41) is 0. The third-order valence-corrected chi connectivity index (χ3v) is 4.92. The summed E-state index contributed by atoms with van der Waals surface area (Å²) in [6, 6.07) is 8.55. The number of likely N-dealkylation sites (tertiary alicyclic amines) is 2. The molecule has 3 heterocycles. The molecule has 0 unspecified atom stereocenters. The highest BCUT2D eigenvalue weighted by Gasteiger charge is 2.52. The average Bonchev–Trinajstić information content (AvgIpc) is 2.50. The van der Waals surface area contributed by atoms with E-state index in [-0.39, 0.29) is 5.91 Å². The normalized spacial score (nSPS) is 19.3. The van der Waals surface area contributed by atoms with Gasteiger partial charge in [-0.05, 0) is 18.1 Å². The van der Waals surface area contributed by atoms with E-state index in [0.717, 1.165) is 32.7 Å². The van der Waals surface area contributed by atoms with Gasteiger partial charge >= 0.3 is 0 Å². The molecule has 2 aromatic rings. The van der Waals surface area contributed by atoms with Gasteiger partial charge in [0.2, 0.25) is 0 Å². The van der Waals surface area contributed by atoms with Crippen LogP contribution in [-0.4, -0.2) is 51.9 Å². The first-order chi connectivity index (χ1) is 11.2. The second-order valence-electron chi connectivity index (χ2n) is 6.86. The molecule has 2 aliphatic rings. The Kier molecular flexibility index (Phi) is 3.38. The van der Waals surface area contributed by atoms with Gasteiger partial charge in [0, 0.05) is 50.5 Å². The zero-order chi connectivity index (χ0) is 15.9. The van der Waals surface area contributed by atoms with Crippen LogP contribution >= 0.6 is 0 Å². The molecule has 2 aliphatic heterocycles. The smallest absolute Gasteiger partial charge is 0.257 e. The number of amides is 1. The van der Waals surface area contributed by atoms with Crippen LogP contribution in [0.15, 0.2) is 43.0 Å². The number of nitrogens with zero attached hydrogens (tertiary/aromatic N) is 4. The van der Waals surface area contributed by atoms with Gasteiger partial charge in [0.1, 0.15) is 6.33 Å². The van der Waals surface area contributed by atoms with E-state index < -0.39 is 0 Å². The number of carbonyl (C=O) groups excluding carboxylic acids is 1. The Hall–Kier alpha value is -2.27. The van der Waals surface area contributed by atoms with Crippen molar-refractivity contribution < 1.29 is 4.79 Å². The van der Waals surface area contributed by atoms with Gasteiger partial charge in [-0.25, -0.2) is 9.97 Å². The van der Waals surface area contributed by atoms with Crippen LogP contribution in [0.2, 0.25) is 0 Å². The van der Waals surface area contributed by atoms with E-state index in [4.69, 9.17) is 0 Å². The second kappa shape index (κ2) is 5.42. The van der Waals surface area contributed by atoms with Gasteiger partial charge in [0.15, 0.2) is 0 Å². The first-order valence-electron chi connectivity index (χ1n) is 7.96. The number of aryl methyl sites for hydroxylation is 1. The van der Waals surface area contributed by atoms with Crippen molar-refractivity contribution in [1.29, 1.82) is 0 Å². The predicted octanol–water partition coefficient (Wildman–Crippen LogP) is 1.74. The van der Waals surface area contributed by atoms with Crippen LogP contribution in [0.3, 0.4) is 0 Å². The molecule has 0 radical (unpaired) electrons. The first kappa shape index (κ1) is 14.3. The van der Waals surface area contributed by atoms with Crippen molar-refractivity contribution in [3.63, 3.8) is 0 Å². The lowest BCUT2D eigenvalue weighted by Crippen LogP contribution is -2.72. The summed E-state index contributed by atoms with van der Waals surface area (Å²) in [6.45, 7) is 7.04. The molecule has 0 N–H and O–H groups in total. The molecule has 1 spiro atoms. The molecule has 0 bridgehead atoms. The fraction of sp³-hybridized carbons (Fsp3) is 0.389. The van der Waals surface area contributed by atoms with Crippen LogP contribution < -0.4 is 0 Å². The van der Waals surface area contributed by atoms with Crippen molar-refractivity contribution in [3.05, 3.63) is 59.7 Å². The highest BCUT2D eigenvalue weighted by Crippen LogP contribution is 2.40. The monoisotopic (exact) mass is 308 g/mol. The average molecular weight is 308 g/mol. The number of carbonyl (C=O) groups is 1. The summed E-state index contributed by atoms with van der Waals surface area (Å²) in [6.07, 6.45) is 4.63. The molecule has 2 saturated heterocycles. The molecule has 5 nitrogen and oxygen atoms in total. The highest BCUT2D eigenvalue weighted by molar-refractivity contribution is 5.94. The minimum atomic E-state index is 0.0496. The highest BCUT2D eigenvalue weighted by atomic mass is 16.2. The van der Waals surface area contributed by atoms with Crippen LogP contribution in [0.5, 0.6) is 0 Å². The maximum absolute atomic E-state index is 12.3. The quantitative estimate of drug-likeness (QED) is 0.867. The molecule has 0 aliphatic carbocycles. The van der Waals surface area contributed by atoms with E-state index in [2.05, 4.69) is 46.1 Å². The maximum Gasteiger partial charge on any atom is 0.257 e. The molecular weight excluding hydrogens is 288 g/mol. The summed E-state index contributed by atoms with van der Waals surface area (Å²) in [4.78, 5) is 24.5. The number of hydrogen-bond donors (Lipinski definition) is 0. The summed E-state index contributed by atoms with van der Waals surface area (Å²) >= 11 is 0. The molecule has 0 atom stereocenters. The minimum absolute atomic E-state index is 0.0496. The fourth-order valence-corrected chi connectivity index (χ4v) is 3.74. The Morgan fingerprint density at radius 1 is 1.13 bits per heavy atom. The van der Waals surface area contributed by atoms with Crippen molar-refractivity contribution in [3.8, 4) is 0 Å². The van der Waals surface area contributed by atoms with Crippen molar-refractivity contribution >= 4 is 5.91 Å². The molecule has 5 heteroatoms. The third-order valence-electron chi connectivity index (χ3n) is 4.92. The predicted molar refractivity (Wildman–Crippen MR) is 86.8 cm³/mol. The SMILES string of the molecule is Cc1ccccc1CN1CC2(C1)CN(C(=O)c1cncnc1)C2. The van der Waals surface area contributed by atoms with Crippen LogP contribution in [0, 0.1) is 12.3 Å². The first-order valence-corrected chi connectivity index (χ1v) is 7.96. The topological polar surface area (TPSA) is 49.3 Å². The largest absolute Gasteiger partial charge is 0.337 e. The van der Waals surface area contributed by atoms with Crippen LogP contribution in [0.25, 0.3) is 0 Å². The second-order valence-corrected chi connectivity index (χ2v) is 6.86. The van der Waals surface area contributed by atoms with Crippen LogP contribution in [0.4, 0.5) is 0 Å². The van der Waals surface area contributed by atoms with Gasteiger partial charge in [-0.2, -0.15) is 0 Å². The van der Waals surface area contributed by atoms with Gasteiger partial charge in [0.25, 0.3) is 5.91 Å². The van der Waals surface area contributed by atoms with Crippen molar-refractivity contribution in [2.24, 2.45) is 5.41 Å². The van der Waals surface area contributed by atoms with Gasteiger partial charge in [-0.15, -0.1) is 0 Å². The number of rotatable bonds is 3. The zero-order valence-electron chi connectivity index (χ0n) is 13.3. The molecule has 1 aromatic heterocycles. The molecule has 118 valence electrons. The molecule has 1 amide bonds. The number of hydrogen-bond acceptors (Lipinski definition) is 4. The third kappa shape index (κ3) is 2.61. The van der Waals surface area contributed by atoms with Crippen molar-refractivity contribution in [2.75, 3.05) is 26.2 Å². The van der Waals surface area contributed by atoms with Crippen LogP contribution in [0.1, 0.15) is 21.5 Å². The van der Waals surface area contributed by atoms with Gasteiger partial charge in [0.05, 0.1) is 5.56 Å². The molecule has 0 saturated carbocycles. The lowest BCUT2D eigenvalue weighted by atomic mass is 9.72. The van der Waals surface area contributed by atoms with Crippen molar-refractivity contribution in [1.82, 2.24) is 19.8 Å². The van der Waals surface area contributed by atoms with Gasteiger partial charge in [-0.1, -0.05) is 24.3 Å². The molecular formula is C18H20N4O. The number of benzene rings is 1. The lowest BCUT2D eigenvalue weighted by molar-refractivity contribution is -0.102. The van der Waals surface area contributed by atoms with E-state index in [1.54, 1.807) is 12.4 Å². The van der Waals surface area contributed by atoms with Gasteiger partial charge in [-0.3, -0.25) is 9.69 Å². The maximum atomic E-state index is 12.3. The summed E-state index contributed by atoms with van der Waals surface area (Å²) < 4.78 is 0. The van der Waals surface area contributed by atoms with E-state index in [0.29, 0.717) is 11.0 Å². The van der Waals surface area contributed by atoms with E-state index in [1.165, 1.54) is 17.5 Å². The lowest BCUT2D eigenvalue weighted by Gasteiger charge is -2.60. The molecule has 1 aromatic carbocycles. The Balaban J connectivity index is 1.30. The standard InChI is InChI=1S/C18H20N4O/c1-14-4-2-3-5-15(14)8-21-9-18(10-21)11-22(12-18)17(23)16-6-19-13-20-7-16/h2-7,13H,8-12H2,1H3. The Bertz CT molecular complexity index is 717. The summed E-state index contributed by atoms with van der Waals surface area (Å²) in [5.74, 6) is 0.0496. The zero-order valence-corrected chi connectivity index (χ0v) is 13.3. The van der Waals surface area contributed by atoms with Crippen molar-refractivity contribution in [2.45, 2.75) is 13.5 Å². The molecule has 4 rings (SSSR count). The Morgan fingerprint density at radius 3 is 2.52 bits per heavy atom. The molecule has 23 heavy (non-hydrogen) atoms. The number of aromatic nitrogens is 2.